The van der Waals surface area contributed by atoms with Crippen molar-refractivity contribution in [2.45, 2.75) is 12.5 Å². The lowest BCUT2D eigenvalue weighted by molar-refractivity contribution is -0.135. The van der Waals surface area contributed by atoms with Crippen LogP contribution in [0.5, 0.6) is 5.06 Å². The van der Waals surface area contributed by atoms with Gasteiger partial charge in [0.15, 0.2) is 5.06 Å². The summed E-state index contributed by atoms with van der Waals surface area (Å²) in [4.78, 5) is 11.6. The van der Waals surface area contributed by atoms with E-state index in [9.17, 15) is 4.79 Å². The molecule has 3 nitrogen and oxygen atoms in total. The van der Waals surface area contributed by atoms with Gasteiger partial charge in [0.25, 0.3) is 0 Å². The Hall–Kier alpha value is -1.04. The van der Waals surface area contributed by atoms with E-state index >= 15 is 0 Å². The minimum atomic E-state index is -0.618. The third-order valence-corrected chi connectivity index (χ3v) is 2.89. The molecule has 0 spiro atoms. The largest absolute Gasteiger partial charge is 0.414 e. The molecule has 0 aromatic carbocycles. The molecular weight excluding hydrogens is 254 g/mol. The highest BCUT2D eigenvalue weighted by atomic mass is 32.1. The van der Waals surface area contributed by atoms with Crippen LogP contribution >= 0.6 is 24.0 Å². The van der Waals surface area contributed by atoms with Crippen LogP contribution in [0.15, 0.2) is 41.8 Å². The summed E-state index contributed by atoms with van der Waals surface area (Å²) in [6.45, 7) is 0. The van der Waals surface area contributed by atoms with E-state index in [1.54, 1.807) is 6.07 Å². The smallest absolute Gasteiger partial charge is 0.329 e. The van der Waals surface area contributed by atoms with Crippen LogP contribution in [0, 0.1) is 0 Å². The molecule has 0 unspecified atom stereocenters. The molecule has 0 saturated carbocycles. The maximum Gasteiger partial charge on any atom is 0.329 e. The van der Waals surface area contributed by atoms with E-state index in [-0.39, 0.29) is 0 Å². The number of hydrogen-bond donors (Lipinski definition) is 2. The molecule has 92 valence electrons. The molecule has 1 aromatic rings. The normalized spacial score (nSPS) is 11.4. The maximum atomic E-state index is 11.6. The minimum absolute atomic E-state index is 0.424. The van der Waals surface area contributed by atoms with Crippen molar-refractivity contribution in [2.24, 2.45) is 5.73 Å². The highest BCUT2D eigenvalue weighted by Crippen LogP contribution is 2.15. The predicted molar refractivity (Wildman–Crippen MR) is 74.0 cm³/mol. The average Bonchev–Trinajstić information content (AvgIpc) is 2.43. The summed E-state index contributed by atoms with van der Waals surface area (Å²) in [5, 5.41) is 2.35. The summed E-state index contributed by atoms with van der Waals surface area (Å²) in [6, 6.07) is 10.4. The van der Waals surface area contributed by atoms with Crippen LogP contribution in [-0.2, 0) is 4.79 Å². The van der Waals surface area contributed by atoms with Gasteiger partial charge in [0.1, 0.15) is 6.04 Å². The lowest BCUT2D eigenvalue weighted by Crippen LogP contribution is -2.34. The summed E-state index contributed by atoms with van der Waals surface area (Å²) in [5.74, 6) is 0.137. The molecule has 1 atom stereocenters. The first-order valence-electron chi connectivity index (χ1n) is 5.19. The molecular formula is C12H15NO2S2. The molecule has 1 heterocycles. The molecule has 0 radical (unpaired) electrons. The van der Waals surface area contributed by atoms with Crippen LogP contribution in [0.25, 0.3) is 0 Å². The second-order valence-electron chi connectivity index (χ2n) is 3.24. The highest BCUT2D eigenvalue weighted by molar-refractivity contribution is 7.80. The van der Waals surface area contributed by atoms with Crippen LogP contribution in [-0.4, -0.2) is 17.8 Å². The number of carbonyl (C=O) groups is 1. The first-order valence-corrected chi connectivity index (χ1v) is 6.70. The zero-order valence-electron chi connectivity index (χ0n) is 9.28. The van der Waals surface area contributed by atoms with Crippen LogP contribution < -0.4 is 10.5 Å². The lowest BCUT2D eigenvalue weighted by atomic mass is 10.2. The molecule has 0 amide bonds. The van der Waals surface area contributed by atoms with Gasteiger partial charge in [-0.25, -0.2) is 4.79 Å². The molecule has 2 N–H and O–H groups in total. The van der Waals surface area contributed by atoms with Gasteiger partial charge in [-0.15, -0.1) is 11.3 Å². The maximum absolute atomic E-state index is 11.6. The molecule has 0 aliphatic carbocycles. The number of carbonyl (C=O) groups excluding carboxylic acids is 1. The second-order valence-corrected chi connectivity index (χ2v) is 4.60. The zero-order valence-corrected chi connectivity index (χ0v) is 11.0. The SMILES string of the molecule is N[C@@H](CCS)C(=O)Oc1cccccccs1. The van der Waals surface area contributed by atoms with E-state index in [2.05, 4.69) is 12.6 Å². The number of ether oxygens (including phenoxy) is 1. The molecule has 0 bridgehead atoms. The number of nitrogens with two attached hydrogens (primary N) is 1. The van der Waals surface area contributed by atoms with Gasteiger partial charge in [-0.1, -0.05) is 30.3 Å². The van der Waals surface area contributed by atoms with Gasteiger partial charge < -0.3 is 10.5 Å². The Morgan fingerprint density at radius 1 is 1.35 bits per heavy atom. The van der Waals surface area contributed by atoms with Crippen LogP contribution in [0.1, 0.15) is 6.42 Å². The van der Waals surface area contributed by atoms with Gasteiger partial charge >= 0.3 is 5.97 Å². The van der Waals surface area contributed by atoms with Crippen molar-refractivity contribution in [3.05, 3.63) is 41.8 Å². The first-order chi connectivity index (χ1) is 8.24. The molecule has 17 heavy (non-hydrogen) atoms. The van der Waals surface area contributed by atoms with Crippen molar-refractivity contribution in [3.8, 4) is 5.06 Å². The van der Waals surface area contributed by atoms with Crippen molar-refractivity contribution in [2.75, 3.05) is 5.75 Å². The van der Waals surface area contributed by atoms with Crippen molar-refractivity contribution in [1.29, 1.82) is 0 Å². The summed E-state index contributed by atoms with van der Waals surface area (Å²) < 4.78 is 5.19. The van der Waals surface area contributed by atoms with Crippen LogP contribution in [0.4, 0.5) is 0 Å². The molecule has 1 aromatic heterocycles. The highest BCUT2D eigenvalue weighted by Gasteiger charge is 2.14. The Balaban J connectivity index is 2.75. The van der Waals surface area contributed by atoms with E-state index in [0.717, 1.165) is 0 Å². The molecule has 0 aliphatic heterocycles. The standard InChI is InChI=1S/C12H15NO2S2/c13-10(7-8-16)12(14)15-11-6-4-2-1-3-5-9-17-11/h1-6,9-10,16H,7-8,13H2/t10-/m0/s1. The third kappa shape index (κ3) is 5.72. The fraction of sp³-hybridized carbons (Fsp3) is 0.250. The Bertz CT molecular complexity index is 381. The van der Waals surface area contributed by atoms with Crippen molar-refractivity contribution >= 4 is 29.9 Å². The van der Waals surface area contributed by atoms with Crippen molar-refractivity contribution in [1.82, 2.24) is 0 Å². The van der Waals surface area contributed by atoms with Crippen molar-refractivity contribution in [3.63, 3.8) is 0 Å². The first kappa shape index (κ1) is 14.0. The van der Waals surface area contributed by atoms with Crippen molar-refractivity contribution < 1.29 is 9.53 Å². The Kier molecular flexibility index (Phi) is 6.69. The fourth-order valence-corrected chi connectivity index (χ4v) is 1.88. The Morgan fingerprint density at radius 2 is 2.06 bits per heavy atom. The third-order valence-electron chi connectivity index (χ3n) is 1.88. The van der Waals surface area contributed by atoms with E-state index in [1.807, 2.05) is 35.7 Å². The lowest BCUT2D eigenvalue weighted by Gasteiger charge is -2.08. The quantitative estimate of drug-likeness (QED) is 0.652. The molecule has 0 saturated heterocycles. The van der Waals surface area contributed by atoms with E-state index in [1.165, 1.54) is 11.3 Å². The molecule has 0 aliphatic rings. The number of esters is 1. The second kappa shape index (κ2) is 8.11. The fourth-order valence-electron chi connectivity index (χ4n) is 1.01. The minimum Gasteiger partial charge on any atom is -0.414 e. The molecule has 1 rings (SSSR count). The van der Waals surface area contributed by atoms with E-state index in [4.69, 9.17) is 10.5 Å². The topological polar surface area (TPSA) is 52.3 Å². The van der Waals surface area contributed by atoms with E-state index in [0.29, 0.717) is 17.2 Å². The monoisotopic (exact) mass is 269 g/mol. The summed E-state index contributed by atoms with van der Waals surface area (Å²) in [5.41, 5.74) is 5.64. The number of hydrogen-bond acceptors (Lipinski definition) is 5. The van der Waals surface area contributed by atoms with Gasteiger partial charge in [-0.05, 0) is 23.6 Å². The Labute approximate surface area is 110 Å². The zero-order chi connectivity index (χ0) is 12.5. The number of thiol groups is 1. The van der Waals surface area contributed by atoms with Gasteiger partial charge in [0.05, 0.1) is 0 Å². The van der Waals surface area contributed by atoms with Gasteiger partial charge in [-0.3, -0.25) is 0 Å². The summed E-state index contributed by atoms with van der Waals surface area (Å²) in [6.07, 6.45) is 0.507. The van der Waals surface area contributed by atoms with Gasteiger partial charge in [0, 0.05) is 0 Å². The van der Waals surface area contributed by atoms with Gasteiger partial charge in [0.2, 0.25) is 0 Å². The number of rotatable bonds is 4. The summed E-state index contributed by atoms with van der Waals surface area (Å²) in [7, 11) is 0. The Morgan fingerprint density at radius 3 is 2.82 bits per heavy atom. The summed E-state index contributed by atoms with van der Waals surface area (Å²) >= 11 is 5.36. The van der Waals surface area contributed by atoms with Crippen LogP contribution in [0.2, 0.25) is 0 Å². The van der Waals surface area contributed by atoms with Crippen LogP contribution in [0.3, 0.4) is 0 Å². The predicted octanol–water partition coefficient (Wildman–Crippen LogP) is 2.43. The van der Waals surface area contributed by atoms with Gasteiger partial charge in [-0.2, -0.15) is 12.6 Å². The molecule has 0 fully saturated rings. The van der Waals surface area contributed by atoms with E-state index < -0.39 is 12.0 Å². The average molecular weight is 269 g/mol. The molecule has 5 heteroatoms.